The number of esters is 1. The first-order valence-electron chi connectivity index (χ1n) is 8.79. The fraction of sp³-hybridized carbons (Fsp3) is 0.100. The van der Waals surface area contributed by atoms with Gasteiger partial charge in [0, 0.05) is 5.02 Å². The van der Waals surface area contributed by atoms with Gasteiger partial charge in [0.2, 0.25) is 10.0 Å². The van der Waals surface area contributed by atoms with Crippen LogP contribution >= 0.6 is 11.6 Å². The Kier molecular flexibility index (Phi) is 7.06. The highest BCUT2D eigenvalue weighted by Gasteiger charge is 2.17. The number of ether oxygens (including phenoxy) is 1. The molecule has 1 heterocycles. The minimum atomic E-state index is -3.82. The van der Waals surface area contributed by atoms with Gasteiger partial charge in [0.1, 0.15) is 11.6 Å². The molecule has 0 spiro atoms. The molecule has 8 nitrogen and oxygen atoms in total. The van der Waals surface area contributed by atoms with Crippen LogP contribution in [0.5, 0.6) is 0 Å². The Hall–Kier alpha value is -3.21. The molecule has 2 aromatic carbocycles. The zero-order chi connectivity index (χ0) is 22.4. The summed E-state index contributed by atoms with van der Waals surface area (Å²) in [4.78, 5) is 23.9. The Morgan fingerprint density at radius 1 is 1.10 bits per heavy atom. The minimum Gasteiger partial charge on any atom is -0.468 e. The quantitative estimate of drug-likeness (QED) is 0.492. The second-order valence-electron chi connectivity index (χ2n) is 6.18. The first-order chi connectivity index (χ1) is 14.7. The number of furan rings is 1. The molecule has 2 N–H and O–H groups in total. The van der Waals surface area contributed by atoms with E-state index in [9.17, 15) is 22.4 Å². The molecule has 1 amide bonds. The number of halogens is 2. The van der Waals surface area contributed by atoms with Crippen molar-refractivity contribution in [1.29, 1.82) is 0 Å². The number of sulfonamides is 1. The molecule has 3 aromatic rings. The average Bonchev–Trinajstić information content (AvgIpc) is 3.26. The summed E-state index contributed by atoms with van der Waals surface area (Å²) in [5.41, 5.74) is -0.0717. The van der Waals surface area contributed by atoms with E-state index in [1.165, 1.54) is 42.7 Å². The standard InChI is InChI=1S/C20H16ClFN2O6S/c21-14-5-8-18(17(22)10-14)24-19(25)12-30-20(26)13-3-6-16(7-4-13)31(27,28)23-11-15-2-1-9-29-15/h1-10,23H,11-12H2,(H,24,25). The maximum absolute atomic E-state index is 13.7. The van der Waals surface area contributed by atoms with Crippen molar-refractivity contribution in [1.82, 2.24) is 4.72 Å². The van der Waals surface area contributed by atoms with E-state index in [0.29, 0.717) is 5.76 Å². The van der Waals surface area contributed by atoms with Gasteiger partial charge in [0.05, 0.1) is 29.0 Å². The molecule has 0 fully saturated rings. The van der Waals surface area contributed by atoms with Crippen LogP contribution in [0.2, 0.25) is 5.02 Å². The molecule has 162 valence electrons. The summed E-state index contributed by atoms with van der Waals surface area (Å²) >= 11 is 5.64. The number of carbonyl (C=O) groups excluding carboxylic acids is 2. The number of benzene rings is 2. The van der Waals surface area contributed by atoms with E-state index in [1.54, 1.807) is 12.1 Å². The molecule has 0 aliphatic rings. The Morgan fingerprint density at radius 3 is 2.48 bits per heavy atom. The molecule has 0 bridgehead atoms. The van der Waals surface area contributed by atoms with Gasteiger partial charge in [-0.2, -0.15) is 0 Å². The van der Waals surface area contributed by atoms with E-state index in [2.05, 4.69) is 10.0 Å². The predicted octanol–water partition coefficient (Wildman–Crippen LogP) is 3.35. The van der Waals surface area contributed by atoms with E-state index in [4.69, 9.17) is 20.8 Å². The van der Waals surface area contributed by atoms with Crippen LogP contribution in [0.3, 0.4) is 0 Å². The monoisotopic (exact) mass is 466 g/mol. The molecular weight excluding hydrogens is 451 g/mol. The number of carbonyl (C=O) groups is 2. The summed E-state index contributed by atoms with van der Waals surface area (Å²) < 4.78 is 50.5. The van der Waals surface area contributed by atoms with Crippen LogP contribution in [0.15, 0.2) is 70.2 Å². The second-order valence-corrected chi connectivity index (χ2v) is 8.38. The number of rotatable bonds is 8. The topological polar surface area (TPSA) is 115 Å². The predicted molar refractivity (Wildman–Crippen MR) is 109 cm³/mol. The molecule has 3 rings (SSSR count). The van der Waals surface area contributed by atoms with Crippen LogP contribution < -0.4 is 10.0 Å². The SMILES string of the molecule is O=C(COC(=O)c1ccc(S(=O)(=O)NCc2ccco2)cc1)Nc1ccc(Cl)cc1F. The summed E-state index contributed by atoms with van der Waals surface area (Å²) in [6.07, 6.45) is 1.43. The van der Waals surface area contributed by atoms with Gasteiger partial charge < -0.3 is 14.5 Å². The Balaban J connectivity index is 1.54. The number of nitrogens with one attached hydrogen (secondary N) is 2. The van der Waals surface area contributed by atoms with E-state index in [1.807, 2.05) is 0 Å². The number of anilines is 1. The zero-order valence-electron chi connectivity index (χ0n) is 15.8. The van der Waals surface area contributed by atoms with Crippen LogP contribution in [0.1, 0.15) is 16.1 Å². The van der Waals surface area contributed by atoms with Gasteiger partial charge >= 0.3 is 5.97 Å². The van der Waals surface area contributed by atoms with Crippen molar-refractivity contribution in [3.05, 3.63) is 83.0 Å². The molecule has 1 aromatic heterocycles. The lowest BCUT2D eigenvalue weighted by atomic mass is 10.2. The van der Waals surface area contributed by atoms with Gasteiger partial charge in [-0.1, -0.05) is 11.6 Å². The van der Waals surface area contributed by atoms with Crippen LogP contribution in [0.25, 0.3) is 0 Å². The van der Waals surface area contributed by atoms with Crippen LogP contribution in [-0.4, -0.2) is 26.9 Å². The Morgan fingerprint density at radius 2 is 1.84 bits per heavy atom. The molecule has 0 saturated heterocycles. The summed E-state index contributed by atoms with van der Waals surface area (Å²) in [7, 11) is -3.82. The van der Waals surface area contributed by atoms with Crippen molar-refractivity contribution in [2.24, 2.45) is 0 Å². The highest BCUT2D eigenvalue weighted by molar-refractivity contribution is 7.89. The molecule has 31 heavy (non-hydrogen) atoms. The molecule has 0 radical (unpaired) electrons. The molecular formula is C20H16ClFN2O6S. The minimum absolute atomic E-state index is 0.0253. The summed E-state index contributed by atoms with van der Waals surface area (Å²) in [5, 5.41) is 2.42. The third-order valence-electron chi connectivity index (χ3n) is 3.96. The van der Waals surface area contributed by atoms with Crippen LogP contribution in [0.4, 0.5) is 10.1 Å². The summed E-state index contributed by atoms with van der Waals surface area (Å²) in [6, 6.07) is 11.9. The number of hydrogen-bond donors (Lipinski definition) is 2. The van der Waals surface area contributed by atoms with Gasteiger partial charge in [-0.05, 0) is 54.6 Å². The first kappa shape index (κ1) is 22.5. The van der Waals surface area contributed by atoms with Gasteiger partial charge in [-0.25, -0.2) is 22.3 Å². The van der Waals surface area contributed by atoms with Crippen LogP contribution in [-0.2, 0) is 26.1 Å². The smallest absolute Gasteiger partial charge is 0.338 e. The van der Waals surface area contributed by atoms with Crippen molar-refractivity contribution >= 4 is 39.2 Å². The fourth-order valence-electron chi connectivity index (χ4n) is 2.42. The van der Waals surface area contributed by atoms with Crippen molar-refractivity contribution in [3.8, 4) is 0 Å². The summed E-state index contributed by atoms with van der Waals surface area (Å²) in [6.45, 7) is -0.686. The van der Waals surface area contributed by atoms with Crippen molar-refractivity contribution in [2.75, 3.05) is 11.9 Å². The lowest BCUT2D eigenvalue weighted by Crippen LogP contribution is -2.23. The highest BCUT2D eigenvalue weighted by atomic mass is 35.5. The number of hydrogen-bond acceptors (Lipinski definition) is 6. The molecule has 0 aliphatic carbocycles. The second kappa shape index (κ2) is 9.73. The van der Waals surface area contributed by atoms with Gasteiger partial charge in [-0.15, -0.1) is 0 Å². The molecule has 0 aliphatic heterocycles. The molecule has 0 unspecified atom stereocenters. The van der Waals surface area contributed by atoms with Crippen LogP contribution in [0, 0.1) is 5.82 Å². The zero-order valence-corrected chi connectivity index (χ0v) is 17.4. The fourth-order valence-corrected chi connectivity index (χ4v) is 3.58. The maximum Gasteiger partial charge on any atom is 0.338 e. The Labute approximate surface area is 182 Å². The normalized spacial score (nSPS) is 11.2. The maximum atomic E-state index is 13.7. The largest absolute Gasteiger partial charge is 0.468 e. The Bertz CT molecular complexity index is 1180. The van der Waals surface area contributed by atoms with E-state index in [-0.39, 0.29) is 27.7 Å². The summed E-state index contributed by atoms with van der Waals surface area (Å²) in [5.74, 6) is -1.89. The van der Waals surface area contributed by atoms with Gasteiger partial charge in [0.15, 0.2) is 6.61 Å². The van der Waals surface area contributed by atoms with E-state index in [0.717, 1.165) is 6.07 Å². The molecule has 0 atom stereocenters. The lowest BCUT2D eigenvalue weighted by Gasteiger charge is -2.09. The van der Waals surface area contributed by atoms with E-state index >= 15 is 0 Å². The number of amides is 1. The third kappa shape index (κ3) is 6.14. The van der Waals surface area contributed by atoms with Crippen molar-refractivity contribution in [3.63, 3.8) is 0 Å². The average molecular weight is 467 g/mol. The molecule has 0 saturated carbocycles. The van der Waals surface area contributed by atoms with Gasteiger partial charge in [0.25, 0.3) is 5.91 Å². The lowest BCUT2D eigenvalue weighted by molar-refractivity contribution is -0.119. The first-order valence-corrected chi connectivity index (χ1v) is 10.6. The van der Waals surface area contributed by atoms with E-state index < -0.39 is 34.3 Å². The van der Waals surface area contributed by atoms with Crippen molar-refractivity contribution < 1.29 is 31.6 Å². The third-order valence-corrected chi connectivity index (χ3v) is 5.61. The van der Waals surface area contributed by atoms with Crippen molar-refractivity contribution in [2.45, 2.75) is 11.4 Å². The van der Waals surface area contributed by atoms with Gasteiger partial charge in [-0.3, -0.25) is 4.79 Å². The highest BCUT2D eigenvalue weighted by Crippen LogP contribution is 2.19. The molecule has 11 heteroatoms.